The molecule has 4 rings (SSSR count). The lowest BCUT2D eigenvalue weighted by Crippen LogP contribution is -2.66. The molecule has 0 saturated carbocycles. The summed E-state index contributed by atoms with van der Waals surface area (Å²) in [6.07, 6.45) is -17.4. The van der Waals surface area contributed by atoms with Crippen LogP contribution in [0.1, 0.15) is 188 Å². The van der Waals surface area contributed by atoms with Gasteiger partial charge < -0.3 is 137 Å². The fourth-order valence-electron chi connectivity index (χ4n) is 14.5. The molecule has 0 aromatic heterocycles. The molecule has 47 nitrogen and oxygen atoms in total. The molecule has 4 fully saturated rings. The Balaban J connectivity index is 1.54. The molecule has 20 atom stereocenters. The smallest absolute Gasteiger partial charge is 0.303 e. The van der Waals surface area contributed by atoms with Gasteiger partial charge in [-0.1, -0.05) is 6.92 Å². The van der Waals surface area contributed by atoms with Gasteiger partial charge in [-0.05, 0) is 51.4 Å². The summed E-state index contributed by atoms with van der Waals surface area (Å²) in [7, 11) is 0. The van der Waals surface area contributed by atoms with E-state index in [9.17, 15) is 91.1 Å². The maximum absolute atomic E-state index is 14.4. The fraction of sp³-hybridized carbons (Fsp3) is 0.771. The SMILES string of the molecule is CC(=O)NC1C(C)[C@@H](OC(C)=O)C(COC(C)=O)O[C@H]1OCCCCC(=O)N(CCNCCN(CCNC(=O)CCCCO[C@@H]1OC(COC(C)=O)[C@H](OC(C)=O)C(OC(C)=O)C1NC(C)=O)C(=O)CCCCO[C@@H]1OC(COC(C)=O)[C@H](OC(C)=O)C(OC(C)=O)C1NC(C)=O)CCNC(=O)CCCCO[C@@H]1OC(COC(C)=O)[C@H](OC(C)=O)C(OC(C)=O)C1NC(C)=O. The first-order chi connectivity index (χ1) is 61.4. The molecule has 0 bridgehead atoms. The van der Waals surface area contributed by atoms with Gasteiger partial charge >= 0.3 is 65.7 Å². The quantitative estimate of drug-likeness (QED) is 0.0208. The van der Waals surface area contributed by atoms with Gasteiger partial charge in [-0.25, -0.2) is 0 Å². The third kappa shape index (κ3) is 42.6. The van der Waals surface area contributed by atoms with E-state index in [1.807, 2.05) is 0 Å². The maximum Gasteiger partial charge on any atom is 0.303 e. The van der Waals surface area contributed by atoms with Crippen LogP contribution in [0.2, 0.25) is 0 Å². The second-order valence-electron chi connectivity index (χ2n) is 31.2. The Hall–Kier alpha value is -10.4. The molecule has 0 spiro atoms. The minimum Gasteiger partial charge on any atom is -0.463 e. The summed E-state index contributed by atoms with van der Waals surface area (Å²) in [6, 6.07) is -4.56. The molecule has 0 aliphatic carbocycles. The average molecular weight is 1860 g/mol. The van der Waals surface area contributed by atoms with E-state index in [0.717, 1.165) is 62.3 Å². The van der Waals surface area contributed by atoms with Gasteiger partial charge in [0.1, 0.15) is 75.1 Å². The van der Waals surface area contributed by atoms with Gasteiger partial charge in [0.25, 0.3) is 0 Å². The van der Waals surface area contributed by atoms with Crippen LogP contribution in [0.25, 0.3) is 0 Å². The van der Waals surface area contributed by atoms with Crippen molar-refractivity contribution in [1.29, 1.82) is 0 Å². The largest absolute Gasteiger partial charge is 0.463 e. The van der Waals surface area contributed by atoms with Crippen molar-refractivity contribution in [2.45, 2.75) is 304 Å². The molecule has 8 amide bonds. The van der Waals surface area contributed by atoms with Crippen molar-refractivity contribution < 1.29 is 181 Å². The Morgan fingerprint density at radius 1 is 0.269 bits per heavy atom. The summed E-state index contributed by atoms with van der Waals surface area (Å²) in [6.45, 7) is 17.3. The van der Waals surface area contributed by atoms with Crippen LogP contribution in [0.5, 0.6) is 0 Å². The molecule has 130 heavy (non-hydrogen) atoms. The number of esters is 11. The Kier molecular flexibility index (Phi) is 50.8. The molecule has 47 heteroatoms. The Labute approximate surface area is 753 Å². The Bertz CT molecular complexity index is 3760. The van der Waals surface area contributed by atoms with Crippen LogP contribution in [0, 0.1) is 5.92 Å². The Morgan fingerprint density at radius 2 is 0.500 bits per heavy atom. The van der Waals surface area contributed by atoms with Crippen molar-refractivity contribution in [2.75, 3.05) is 105 Å². The average Bonchev–Trinajstić information content (AvgIpc) is 0.653. The minimum atomic E-state index is -1.40. The van der Waals surface area contributed by atoms with E-state index in [1.165, 1.54) is 51.3 Å². The molecule has 4 aliphatic rings. The van der Waals surface area contributed by atoms with Gasteiger partial charge in [0, 0.05) is 214 Å². The molecule has 4 heterocycles. The summed E-state index contributed by atoms with van der Waals surface area (Å²) in [4.78, 5) is 243. The number of ether oxygens (including phenoxy) is 19. The topological polar surface area (TPSA) is 590 Å². The van der Waals surface area contributed by atoms with Crippen molar-refractivity contribution in [3.05, 3.63) is 0 Å². The Morgan fingerprint density at radius 3 is 0.762 bits per heavy atom. The van der Waals surface area contributed by atoms with Crippen LogP contribution in [0.3, 0.4) is 0 Å². The number of nitrogens with one attached hydrogen (secondary N) is 7. The first-order valence-electron chi connectivity index (χ1n) is 43.2. The van der Waals surface area contributed by atoms with E-state index >= 15 is 0 Å². The van der Waals surface area contributed by atoms with E-state index in [0.29, 0.717) is 0 Å². The van der Waals surface area contributed by atoms with Crippen molar-refractivity contribution in [3.8, 4) is 0 Å². The van der Waals surface area contributed by atoms with Gasteiger partial charge in [0.05, 0.1) is 6.04 Å². The van der Waals surface area contributed by atoms with Crippen molar-refractivity contribution >= 4 is 113 Å². The third-order valence-electron chi connectivity index (χ3n) is 19.9. The number of amides is 8. The summed E-state index contributed by atoms with van der Waals surface area (Å²) in [5, 5.41) is 19.6. The first kappa shape index (κ1) is 112. The lowest BCUT2D eigenvalue weighted by molar-refractivity contribution is -0.277. The lowest BCUT2D eigenvalue weighted by atomic mass is 9.88. The van der Waals surface area contributed by atoms with Crippen LogP contribution >= 0.6 is 0 Å². The second kappa shape index (κ2) is 59.1. The minimum absolute atomic E-state index is 0.000999. The third-order valence-corrected chi connectivity index (χ3v) is 19.9. The fourth-order valence-corrected chi connectivity index (χ4v) is 14.5. The monoisotopic (exact) mass is 1860 g/mol. The number of hydrogen-bond donors (Lipinski definition) is 7. The van der Waals surface area contributed by atoms with Crippen LogP contribution in [-0.4, -0.2) is 344 Å². The van der Waals surface area contributed by atoms with Gasteiger partial charge in [-0.3, -0.25) is 91.1 Å². The molecule has 0 aromatic rings. The number of rotatable bonds is 55. The molecule has 4 aliphatic heterocycles. The first-order valence-corrected chi connectivity index (χ1v) is 43.2. The molecular weight excluding hydrogens is 1730 g/mol. The van der Waals surface area contributed by atoms with Crippen molar-refractivity contribution in [1.82, 2.24) is 47.0 Å². The molecule has 7 N–H and O–H groups in total. The highest BCUT2D eigenvalue weighted by molar-refractivity contribution is 5.80. The highest BCUT2D eigenvalue weighted by atomic mass is 16.7. The molecule has 736 valence electrons. The van der Waals surface area contributed by atoms with Crippen LogP contribution in [-0.2, 0) is 181 Å². The van der Waals surface area contributed by atoms with E-state index < -0.39 is 243 Å². The van der Waals surface area contributed by atoms with E-state index in [1.54, 1.807) is 6.92 Å². The molecule has 4 saturated heterocycles. The normalized spacial score (nSPS) is 25.0. The van der Waals surface area contributed by atoms with E-state index in [4.69, 9.17) is 90.0 Å². The van der Waals surface area contributed by atoms with Gasteiger partial charge in [0.2, 0.25) is 47.3 Å². The standard InChI is InChI=1S/C83H131N9O38/c1-45-69(87-46(2)93)80(127-61(41-116-50(6)97)73(45)120-54(10)101)112-39-23-19-27-67(110)91(35-31-85-65(108)25-17-21-37-113-81-70(88-47(3)94)77(124-58(14)105)74(121-55(11)102)62(128-81)42-117-51(7)98)33-29-84-30-34-92(68(111)28-20-24-40-115-83-72(90-49(5)96)79(126-60(16)107)76(123-57(13)104)64(130-83)44-119-53(9)100)36-32-86-66(109)26-18-22-38-114-82-71(89-48(4)95)78(125-59(15)106)75(122-56(12)103)63(129-82)43-118-52(8)99/h45,61-64,69-84H,17-44H2,1-16H3,(H,85,108)(H,86,109)(H,87,93)(H,88,94)(H,89,95)(H,90,96)/t45?,61?,62?,63?,64?,69?,70?,71?,72?,73-,74+,75+,76+,77?,78?,79?,80-,81-,82-,83-/m1/s1. The predicted molar refractivity (Wildman–Crippen MR) is 441 cm³/mol. The van der Waals surface area contributed by atoms with Gasteiger partial charge in [-0.2, -0.15) is 0 Å². The zero-order chi connectivity index (χ0) is 96.9. The number of unbranched alkanes of at least 4 members (excludes halogenated alkanes) is 4. The van der Waals surface area contributed by atoms with Crippen LogP contribution in [0.15, 0.2) is 0 Å². The van der Waals surface area contributed by atoms with E-state index in [-0.39, 0.29) is 174 Å². The summed E-state index contributed by atoms with van der Waals surface area (Å²) in [5.74, 6) is -12.6. The predicted octanol–water partition coefficient (Wildman–Crippen LogP) is -1.46. The number of hydrogen-bond acceptors (Lipinski definition) is 39. The number of carbonyl (C=O) groups is 19. The van der Waals surface area contributed by atoms with Gasteiger partial charge in [-0.15, -0.1) is 0 Å². The summed E-state index contributed by atoms with van der Waals surface area (Å²) in [5.41, 5.74) is 0. The molecule has 0 aromatic carbocycles. The molecule has 0 radical (unpaired) electrons. The summed E-state index contributed by atoms with van der Waals surface area (Å²) < 4.78 is 108. The zero-order valence-corrected chi connectivity index (χ0v) is 76.8. The van der Waals surface area contributed by atoms with Crippen LogP contribution in [0.4, 0.5) is 0 Å². The van der Waals surface area contributed by atoms with Crippen molar-refractivity contribution in [3.63, 3.8) is 0 Å². The van der Waals surface area contributed by atoms with Gasteiger partial charge in [0.15, 0.2) is 61.8 Å². The summed E-state index contributed by atoms with van der Waals surface area (Å²) >= 11 is 0. The van der Waals surface area contributed by atoms with E-state index in [2.05, 4.69) is 37.2 Å². The highest BCUT2D eigenvalue weighted by Crippen LogP contribution is 2.34. The number of nitrogens with zero attached hydrogens (tertiary/aromatic N) is 2. The molecular formula is C83H131N9O38. The second-order valence-corrected chi connectivity index (χ2v) is 31.2. The molecule has 12 unspecified atom stereocenters. The zero-order valence-electron chi connectivity index (χ0n) is 76.8. The highest BCUT2D eigenvalue weighted by Gasteiger charge is 2.55. The lowest BCUT2D eigenvalue weighted by Gasteiger charge is -2.44. The van der Waals surface area contributed by atoms with Crippen molar-refractivity contribution in [2.24, 2.45) is 5.92 Å². The number of carbonyl (C=O) groups excluding carboxylic acids is 19. The maximum atomic E-state index is 14.4. The van der Waals surface area contributed by atoms with Crippen LogP contribution < -0.4 is 37.2 Å².